The summed E-state index contributed by atoms with van der Waals surface area (Å²) in [5.74, 6) is 0.608. The molecule has 0 aliphatic heterocycles. The molecule has 37 heavy (non-hydrogen) atoms. The van der Waals surface area contributed by atoms with Gasteiger partial charge in [-0.15, -0.1) is 0 Å². The van der Waals surface area contributed by atoms with E-state index in [1.54, 1.807) is 18.2 Å². The number of nitrogen functional groups attached to an aromatic ring is 1. The molecule has 0 saturated carbocycles. The molecule has 5 N–H and O–H groups in total. The van der Waals surface area contributed by atoms with Crippen LogP contribution in [0.4, 0.5) is 11.4 Å². The molecule has 0 fully saturated rings. The maximum Gasteiger partial charge on any atom is 0.263 e. The SMILES string of the molecule is CS(=O)(=O)c1ccccc1S(=O)(=O)Nc1ccc(N)c(C(=[NH2+])c2cccc(OCc3ccccc3)c2)c1. The first-order valence-corrected chi connectivity index (χ1v) is 14.5. The first kappa shape index (κ1) is 25.9. The van der Waals surface area contributed by atoms with Crippen LogP contribution in [0.15, 0.2) is 107 Å². The second kappa shape index (κ2) is 10.5. The number of ether oxygens (including phenoxy) is 1. The Bertz CT molecular complexity index is 1670. The standard InChI is InChI=1S/C27H25N3O5S2/c1-36(31,32)25-12-5-6-13-26(25)37(33,34)30-21-14-15-24(28)23(17-21)27(29)20-10-7-11-22(16-20)35-18-19-8-3-2-4-9-19/h2-17,29-30H,18,28H2,1H3/p+1. The van der Waals surface area contributed by atoms with Crippen LogP contribution < -0.4 is 20.6 Å². The van der Waals surface area contributed by atoms with E-state index in [2.05, 4.69) is 4.72 Å². The van der Waals surface area contributed by atoms with Gasteiger partial charge in [-0.2, -0.15) is 0 Å². The molecular formula is C27H26N3O5S2+. The summed E-state index contributed by atoms with van der Waals surface area (Å²) < 4.78 is 58.7. The molecule has 0 radical (unpaired) electrons. The Kier molecular flexibility index (Phi) is 7.33. The third-order valence-electron chi connectivity index (χ3n) is 5.53. The molecule has 0 atom stereocenters. The maximum atomic E-state index is 13.1. The van der Waals surface area contributed by atoms with Crippen LogP contribution >= 0.6 is 0 Å². The summed E-state index contributed by atoms with van der Waals surface area (Å²) >= 11 is 0. The van der Waals surface area contributed by atoms with Crippen molar-refractivity contribution in [2.75, 3.05) is 16.7 Å². The smallest absolute Gasteiger partial charge is 0.263 e. The van der Waals surface area contributed by atoms with Gasteiger partial charge in [0.2, 0.25) is 5.71 Å². The van der Waals surface area contributed by atoms with Gasteiger partial charge in [-0.1, -0.05) is 48.5 Å². The lowest BCUT2D eigenvalue weighted by Crippen LogP contribution is -2.41. The van der Waals surface area contributed by atoms with Gasteiger partial charge < -0.3 is 10.5 Å². The fraction of sp³-hybridized carbons (Fsp3) is 0.0741. The zero-order chi connectivity index (χ0) is 26.6. The minimum absolute atomic E-state index is 0.173. The average molecular weight is 537 g/mol. The van der Waals surface area contributed by atoms with Gasteiger partial charge in [0.25, 0.3) is 10.0 Å². The fourth-order valence-electron chi connectivity index (χ4n) is 3.69. The number of hydrogen-bond acceptors (Lipinski definition) is 6. The molecule has 0 saturated heterocycles. The second-order valence-electron chi connectivity index (χ2n) is 8.34. The first-order chi connectivity index (χ1) is 17.5. The lowest BCUT2D eigenvalue weighted by atomic mass is 10.00. The highest BCUT2D eigenvalue weighted by Gasteiger charge is 2.24. The van der Waals surface area contributed by atoms with Gasteiger partial charge in [-0.25, -0.2) is 16.8 Å². The summed E-state index contributed by atoms with van der Waals surface area (Å²) in [7, 11) is -8.00. The number of nitrogens with one attached hydrogen (secondary N) is 1. The molecule has 0 heterocycles. The second-order valence-corrected chi connectivity index (χ2v) is 12.0. The number of hydrogen-bond donors (Lipinski definition) is 3. The molecule has 0 aliphatic carbocycles. The van der Waals surface area contributed by atoms with E-state index in [9.17, 15) is 16.8 Å². The van der Waals surface area contributed by atoms with Crippen LogP contribution in [0.2, 0.25) is 0 Å². The third-order valence-corrected chi connectivity index (χ3v) is 8.25. The highest BCUT2D eigenvalue weighted by Crippen LogP contribution is 2.26. The first-order valence-electron chi connectivity index (χ1n) is 11.2. The summed E-state index contributed by atoms with van der Waals surface area (Å²) in [5.41, 5.74) is 9.07. The Labute approximate surface area is 216 Å². The van der Waals surface area contributed by atoms with Crippen LogP contribution in [0.1, 0.15) is 16.7 Å². The normalized spacial score (nSPS) is 11.6. The average Bonchev–Trinajstić information content (AvgIpc) is 2.88. The van der Waals surface area contributed by atoms with Gasteiger partial charge in [0.05, 0.1) is 10.5 Å². The van der Waals surface area contributed by atoms with Crippen molar-refractivity contribution in [3.05, 3.63) is 114 Å². The minimum atomic E-state index is -4.23. The summed E-state index contributed by atoms with van der Waals surface area (Å²) in [5, 5.41) is 6.44. The molecule has 4 aromatic rings. The summed E-state index contributed by atoms with van der Waals surface area (Å²) in [6.45, 7) is 0.387. The molecule has 4 rings (SSSR count). The minimum Gasteiger partial charge on any atom is -0.489 e. The Morgan fingerprint density at radius 2 is 1.51 bits per heavy atom. The molecule has 0 unspecified atom stereocenters. The van der Waals surface area contributed by atoms with Crippen LogP contribution in [-0.4, -0.2) is 28.8 Å². The number of sulfone groups is 1. The molecule has 0 aliphatic rings. The van der Waals surface area contributed by atoms with Crippen molar-refractivity contribution >= 4 is 36.9 Å². The van der Waals surface area contributed by atoms with Crippen LogP contribution in [0, 0.1) is 0 Å². The zero-order valence-electron chi connectivity index (χ0n) is 20.0. The van der Waals surface area contributed by atoms with E-state index in [0.29, 0.717) is 34.9 Å². The van der Waals surface area contributed by atoms with Gasteiger partial charge in [0.1, 0.15) is 17.3 Å². The Balaban J connectivity index is 1.59. The molecule has 0 spiro atoms. The third kappa shape index (κ3) is 6.16. The van der Waals surface area contributed by atoms with Crippen molar-refractivity contribution in [3.63, 3.8) is 0 Å². The predicted molar refractivity (Wildman–Crippen MR) is 144 cm³/mol. The van der Waals surface area contributed by atoms with Crippen LogP contribution in [0.25, 0.3) is 0 Å². The lowest BCUT2D eigenvalue weighted by molar-refractivity contribution is -0.111. The molecular weight excluding hydrogens is 510 g/mol. The van der Waals surface area contributed by atoms with Crippen molar-refractivity contribution in [3.8, 4) is 5.75 Å². The van der Waals surface area contributed by atoms with Gasteiger partial charge in [0, 0.05) is 23.2 Å². The lowest BCUT2D eigenvalue weighted by Gasteiger charge is -2.13. The van der Waals surface area contributed by atoms with Gasteiger partial charge in [0.15, 0.2) is 9.84 Å². The maximum absolute atomic E-state index is 13.1. The fourth-order valence-corrected chi connectivity index (χ4v) is 6.37. The molecule has 10 heteroatoms. The highest BCUT2D eigenvalue weighted by molar-refractivity contribution is 7.95. The molecule has 190 valence electrons. The molecule has 0 amide bonds. The van der Waals surface area contributed by atoms with Crippen LogP contribution in [0.5, 0.6) is 5.75 Å². The quantitative estimate of drug-likeness (QED) is 0.222. The topological polar surface area (TPSA) is 141 Å². The highest BCUT2D eigenvalue weighted by atomic mass is 32.2. The summed E-state index contributed by atoms with van der Waals surface area (Å²) in [6, 6.07) is 26.8. The van der Waals surface area contributed by atoms with Gasteiger partial charge >= 0.3 is 0 Å². The van der Waals surface area contributed by atoms with E-state index >= 15 is 0 Å². The number of nitrogens with two attached hydrogens (primary N) is 2. The van der Waals surface area contributed by atoms with Crippen molar-refractivity contribution in [2.45, 2.75) is 16.4 Å². The van der Waals surface area contributed by atoms with Gasteiger partial charge in [-0.3, -0.25) is 10.1 Å². The van der Waals surface area contributed by atoms with E-state index in [1.807, 2.05) is 36.4 Å². The number of sulfonamides is 1. The molecule has 0 aromatic heterocycles. The molecule has 4 aromatic carbocycles. The van der Waals surface area contributed by atoms with E-state index in [0.717, 1.165) is 11.8 Å². The Hall–Kier alpha value is -4.15. The van der Waals surface area contributed by atoms with Crippen molar-refractivity contribution in [1.29, 1.82) is 0 Å². The van der Waals surface area contributed by atoms with Crippen LogP contribution in [-0.2, 0) is 26.5 Å². The van der Waals surface area contributed by atoms with Crippen molar-refractivity contribution in [1.82, 2.24) is 0 Å². The molecule has 0 bridgehead atoms. The van der Waals surface area contributed by atoms with Crippen LogP contribution in [0.3, 0.4) is 0 Å². The summed E-state index contributed by atoms with van der Waals surface area (Å²) in [6.07, 6.45) is 0.954. The molecule has 8 nitrogen and oxygen atoms in total. The van der Waals surface area contributed by atoms with E-state index in [1.165, 1.54) is 42.5 Å². The van der Waals surface area contributed by atoms with E-state index < -0.39 is 19.9 Å². The van der Waals surface area contributed by atoms with Gasteiger partial charge in [-0.05, 0) is 54.1 Å². The number of anilines is 2. The predicted octanol–water partition coefficient (Wildman–Crippen LogP) is 2.65. The van der Waals surface area contributed by atoms with Crippen molar-refractivity contribution in [2.24, 2.45) is 0 Å². The Morgan fingerprint density at radius 3 is 2.22 bits per heavy atom. The zero-order valence-corrected chi connectivity index (χ0v) is 21.6. The van der Waals surface area contributed by atoms with Crippen molar-refractivity contribution < 1.29 is 27.0 Å². The number of benzene rings is 4. The monoisotopic (exact) mass is 536 g/mol. The van der Waals surface area contributed by atoms with E-state index in [4.69, 9.17) is 15.9 Å². The summed E-state index contributed by atoms with van der Waals surface area (Å²) in [4.78, 5) is -0.646. The van der Waals surface area contributed by atoms with E-state index in [-0.39, 0.29) is 15.5 Å². The largest absolute Gasteiger partial charge is 0.489 e. The Morgan fingerprint density at radius 1 is 0.838 bits per heavy atom. The number of rotatable bonds is 9.